The van der Waals surface area contributed by atoms with Crippen LogP contribution >= 0.6 is 11.8 Å². The largest absolute Gasteiger partial charge is 0.497 e. The Kier molecular flexibility index (Phi) is 5.26. The molecule has 0 heterocycles. The molecule has 0 aliphatic heterocycles. The van der Waals surface area contributed by atoms with E-state index in [1.54, 1.807) is 18.9 Å². The molecule has 0 spiro atoms. The third-order valence-electron chi connectivity index (χ3n) is 2.42. The molecule has 0 amide bonds. The van der Waals surface area contributed by atoms with E-state index in [1.807, 2.05) is 12.1 Å². The summed E-state index contributed by atoms with van der Waals surface area (Å²) < 4.78 is 5.26. The normalized spacial score (nSPS) is 11.4. The predicted molar refractivity (Wildman–Crippen MR) is 72.7 cm³/mol. The van der Waals surface area contributed by atoms with Crippen LogP contribution < -0.4 is 10.1 Å². The fourth-order valence-electron chi connectivity index (χ4n) is 1.25. The van der Waals surface area contributed by atoms with E-state index in [4.69, 9.17) is 4.74 Å². The summed E-state index contributed by atoms with van der Waals surface area (Å²) in [7, 11) is 1.69. The van der Waals surface area contributed by atoms with Gasteiger partial charge in [0.15, 0.2) is 0 Å². The number of rotatable bonds is 5. The summed E-state index contributed by atoms with van der Waals surface area (Å²) in [6, 6.07) is 6.19. The highest BCUT2D eigenvalue weighted by Crippen LogP contribution is 2.26. The van der Waals surface area contributed by atoms with Gasteiger partial charge in [0, 0.05) is 23.2 Å². The maximum absolute atomic E-state index is 5.26. The zero-order valence-electron chi connectivity index (χ0n) is 10.3. The van der Waals surface area contributed by atoms with Crippen molar-refractivity contribution in [2.75, 3.05) is 25.2 Å². The molecule has 0 aliphatic rings. The topological polar surface area (TPSA) is 21.3 Å². The molecule has 0 bridgehead atoms. The first kappa shape index (κ1) is 13.0. The van der Waals surface area contributed by atoms with E-state index in [2.05, 4.69) is 37.6 Å². The Hall–Kier alpha value is -1.09. The third-order valence-corrected chi connectivity index (χ3v) is 3.12. The fraction of sp³-hybridized carbons (Fsp3) is 0.385. The molecule has 3 heteroatoms. The third kappa shape index (κ3) is 3.81. The van der Waals surface area contributed by atoms with Crippen molar-refractivity contribution in [3.8, 4) is 5.75 Å². The number of nitrogens with one attached hydrogen (secondary N) is 1. The minimum absolute atomic E-state index is 0.873. The molecule has 0 radical (unpaired) electrons. The quantitative estimate of drug-likeness (QED) is 0.622. The van der Waals surface area contributed by atoms with Gasteiger partial charge in [0.1, 0.15) is 5.75 Å². The van der Waals surface area contributed by atoms with Crippen molar-refractivity contribution in [1.82, 2.24) is 0 Å². The average Bonchev–Trinajstić information content (AvgIpc) is 2.35. The first-order chi connectivity index (χ1) is 7.69. The van der Waals surface area contributed by atoms with Gasteiger partial charge in [-0.05, 0) is 32.2 Å². The van der Waals surface area contributed by atoms with Crippen LogP contribution in [0.5, 0.6) is 5.75 Å². The number of anilines is 1. The smallest absolute Gasteiger partial charge is 0.122 e. The van der Waals surface area contributed by atoms with E-state index in [9.17, 15) is 0 Å². The Labute approximate surface area is 102 Å². The predicted octanol–water partition coefficient (Wildman–Crippen LogP) is 3.80. The summed E-state index contributed by atoms with van der Waals surface area (Å²) in [6.07, 6.45) is 4.18. The van der Waals surface area contributed by atoms with Gasteiger partial charge in [-0.3, -0.25) is 0 Å². The van der Waals surface area contributed by atoms with Crippen LogP contribution in [-0.2, 0) is 0 Å². The number of hydrogen-bond donors (Lipinski definition) is 1. The van der Waals surface area contributed by atoms with E-state index in [0.717, 1.165) is 18.0 Å². The lowest BCUT2D eigenvalue weighted by atomic mass is 10.2. The molecule has 1 rings (SSSR count). The van der Waals surface area contributed by atoms with Gasteiger partial charge in [0.05, 0.1) is 7.11 Å². The van der Waals surface area contributed by atoms with Crippen molar-refractivity contribution in [3.63, 3.8) is 0 Å². The van der Waals surface area contributed by atoms with Gasteiger partial charge in [-0.2, -0.15) is 0 Å². The highest BCUT2D eigenvalue weighted by atomic mass is 32.2. The monoisotopic (exact) mass is 237 g/mol. The summed E-state index contributed by atoms with van der Waals surface area (Å²) in [4.78, 5) is 1.21. The second-order valence-electron chi connectivity index (χ2n) is 3.59. The van der Waals surface area contributed by atoms with Crippen LogP contribution in [0.2, 0.25) is 0 Å². The first-order valence-electron chi connectivity index (χ1n) is 5.28. The van der Waals surface area contributed by atoms with Crippen LogP contribution in [0, 0.1) is 0 Å². The van der Waals surface area contributed by atoms with Crippen molar-refractivity contribution in [2.24, 2.45) is 0 Å². The Morgan fingerprint density at radius 2 is 2.19 bits per heavy atom. The summed E-state index contributed by atoms with van der Waals surface area (Å²) in [5, 5.41) is 3.38. The summed E-state index contributed by atoms with van der Waals surface area (Å²) in [5.74, 6) is 0.896. The molecular formula is C13H19NOS. The van der Waals surface area contributed by atoms with E-state index < -0.39 is 0 Å². The van der Waals surface area contributed by atoms with Crippen molar-refractivity contribution in [3.05, 3.63) is 29.8 Å². The maximum Gasteiger partial charge on any atom is 0.122 e. The van der Waals surface area contributed by atoms with Gasteiger partial charge in [0.2, 0.25) is 0 Å². The van der Waals surface area contributed by atoms with Crippen LogP contribution in [0.25, 0.3) is 0 Å². The molecule has 88 valence electrons. The summed E-state index contributed by atoms with van der Waals surface area (Å²) >= 11 is 1.72. The Morgan fingerprint density at radius 3 is 2.75 bits per heavy atom. The van der Waals surface area contributed by atoms with Crippen LogP contribution in [0.15, 0.2) is 34.7 Å². The van der Waals surface area contributed by atoms with Gasteiger partial charge in [-0.25, -0.2) is 0 Å². The summed E-state index contributed by atoms with van der Waals surface area (Å²) in [5.41, 5.74) is 2.43. The second-order valence-corrected chi connectivity index (χ2v) is 4.47. The van der Waals surface area contributed by atoms with Crippen LogP contribution in [-0.4, -0.2) is 19.9 Å². The highest BCUT2D eigenvalue weighted by Gasteiger charge is 2.00. The molecule has 0 saturated carbocycles. The number of allylic oxidation sites excluding steroid dienone is 1. The minimum atomic E-state index is 0.873. The van der Waals surface area contributed by atoms with E-state index >= 15 is 0 Å². The maximum atomic E-state index is 5.26. The number of benzene rings is 1. The molecule has 0 aromatic heterocycles. The van der Waals surface area contributed by atoms with E-state index in [-0.39, 0.29) is 0 Å². The standard InChI is InChI=1S/C13H19NOS/c1-5-10(2)9-14-11-6-12(15-3)8-13(7-11)16-4/h5-8,14H,9H2,1-4H3/b10-5+. The Bertz CT molecular complexity index is 352. The van der Waals surface area contributed by atoms with Gasteiger partial charge in [-0.15, -0.1) is 11.8 Å². The van der Waals surface area contributed by atoms with Crippen LogP contribution in [0.4, 0.5) is 5.69 Å². The van der Waals surface area contributed by atoms with Gasteiger partial charge in [-0.1, -0.05) is 11.6 Å². The molecule has 1 N–H and O–H groups in total. The number of hydrogen-bond acceptors (Lipinski definition) is 3. The molecule has 1 aromatic carbocycles. The zero-order valence-corrected chi connectivity index (χ0v) is 11.1. The van der Waals surface area contributed by atoms with Gasteiger partial charge in [0.25, 0.3) is 0 Å². The highest BCUT2D eigenvalue weighted by molar-refractivity contribution is 7.98. The number of thioether (sulfide) groups is 1. The Balaban J connectivity index is 2.78. The van der Waals surface area contributed by atoms with Crippen LogP contribution in [0.1, 0.15) is 13.8 Å². The lowest BCUT2D eigenvalue weighted by molar-refractivity contribution is 0.414. The molecule has 1 aromatic rings. The zero-order chi connectivity index (χ0) is 12.0. The molecule has 0 atom stereocenters. The first-order valence-corrected chi connectivity index (χ1v) is 6.50. The fourth-order valence-corrected chi connectivity index (χ4v) is 1.73. The lowest BCUT2D eigenvalue weighted by Gasteiger charge is -2.10. The van der Waals surface area contributed by atoms with Crippen molar-refractivity contribution in [1.29, 1.82) is 0 Å². The molecule has 0 fully saturated rings. The SMILES string of the molecule is C/C=C(\C)CNc1cc(OC)cc(SC)c1. The molecule has 0 unspecified atom stereocenters. The average molecular weight is 237 g/mol. The Morgan fingerprint density at radius 1 is 1.44 bits per heavy atom. The van der Waals surface area contributed by atoms with E-state index in [0.29, 0.717) is 0 Å². The van der Waals surface area contributed by atoms with Crippen molar-refractivity contribution in [2.45, 2.75) is 18.7 Å². The van der Waals surface area contributed by atoms with Gasteiger partial charge >= 0.3 is 0 Å². The molecule has 0 aliphatic carbocycles. The summed E-state index contributed by atoms with van der Waals surface area (Å²) in [6.45, 7) is 5.04. The molecule has 0 saturated heterocycles. The van der Waals surface area contributed by atoms with Crippen molar-refractivity contribution >= 4 is 17.4 Å². The number of ether oxygens (including phenoxy) is 1. The lowest BCUT2D eigenvalue weighted by Crippen LogP contribution is -2.02. The number of methoxy groups -OCH3 is 1. The molecule has 16 heavy (non-hydrogen) atoms. The van der Waals surface area contributed by atoms with Crippen LogP contribution in [0.3, 0.4) is 0 Å². The molecule has 2 nitrogen and oxygen atoms in total. The van der Waals surface area contributed by atoms with Crippen molar-refractivity contribution < 1.29 is 4.74 Å². The van der Waals surface area contributed by atoms with E-state index in [1.165, 1.54) is 10.5 Å². The molecular weight excluding hydrogens is 218 g/mol. The second kappa shape index (κ2) is 6.48. The minimum Gasteiger partial charge on any atom is -0.497 e. The van der Waals surface area contributed by atoms with Gasteiger partial charge < -0.3 is 10.1 Å².